The van der Waals surface area contributed by atoms with Gasteiger partial charge in [0.25, 0.3) is 0 Å². The van der Waals surface area contributed by atoms with E-state index in [0.29, 0.717) is 26.2 Å². The lowest BCUT2D eigenvalue weighted by Gasteiger charge is -2.32. The first kappa shape index (κ1) is 13.5. The third-order valence-corrected chi connectivity index (χ3v) is 5.13. The summed E-state index contributed by atoms with van der Waals surface area (Å²) in [6.45, 7) is 3.34. The van der Waals surface area contributed by atoms with Crippen LogP contribution in [0, 0.1) is 0 Å². The smallest absolute Gasteiger partial charge is 0.214 e. The molecule has 0 radical (unpaired) electrons. The zero-order valence-corrected chi connectivity index (χ0v) is 11.4. The van der Waals surface area contributed by atoms with E-state index in [0.717, 1.165) is 5.56 Å². The van der Waals surface area contributed by atoms with Gasteiger partial charge in [-0.25, -0.2) is 8.42 Å². The molecule has 0 aliphatic carbocycles. The van der Waals surface area contributed by atoms with Crippen molar-refractivity contribution in [1.82, 2.24) is 4.31 Å². The summed E-state index contributed by atoms with van der Waals surface area (Å²) >= 11 is 0. The van der Waals surface area contributed by atoms with Crippen molar-refractivity contribution in [2.24, 2.45) is 0 Å². The number of nitrogens with zero attached hydrogens (tertiary/aromatic N) is 1. The molecular weight excluding hydrogens is 250 g/mol. The fourth-order valence-electron chi connectivity index (χ4n) is 2.13. The second-order valence-corrected chi connectivity index (χ2v) is 6.63. The van der Waals surface area contributed by atoms with Crippen molar-refractivity contribution in [2.45, 2.75) is 19.4 Å². The fraction of sp³-hybridized carbons (Fsp3) is 0.538. The summed E-state index contributed by atoms with van der Waals surface area (Å²) in [7, 11) is -3.18. The number of sulfonamides is 1. The lowest BCUT2D eigenvalue weighted by atomic mass is 10.2. The van der Waals surface area contributed by atoms with E-state index in [1.54, 1.807) is 4.31 Å². The molecule has 2 rings (SSSR count). The first-order valence-electron chi connectivity index (χ1n) is 6.21. The molecule has 0 aromatic heterocycles. The van der Waals surface area contributed by atoms with E-state index in [2.05, 4.69) is 0 Å². The van der Waals surface area contributed by atoms with Gasteiger partial charge in [0.05, 0.1) is 19.0 Å². The highest BCUT2D eigenvalue weighted by molar-refractivity contribution is 7.89. The summed E-state index contributed by atoms with van der Waals surface area (Å²) in [5, 5.41) is 0. The molecule has 18 heavy (non-hydrogen) atoms. The Labute approximate surface area is 109 Å². The molecule has 1 saturated heterocycles. The maximum atomic E-state index is 12.2. The topological polar surface area (TPSA) is 46.6 Å². The van der Waals surface area contributed by atoms with Gasteiger partial charge in [-0.1, -0.05) is 30.3 Å². The van der Waals surface area contributed by atoms with Gasteiger partial charge in [0.15, 0.2) is 0 Å². The Bertz CT molecular complexity index is 472. The summed E-state index contributed by atoms with van der Waals surface area (Å²) in [6, 6.07) is 9.65. The minimum atomic E-state index is -3.18. The van der Waals surface area contributed by atoms with E-state index in [1.165, 1.54) is 0 Å². The van der Waals surface area contributed by atoms with E-state index in [4.69, 9.17) is 4.74 Å². The fourth-order valence-corrected chi connectivity index (χ4v) is 3.82. The lowest BCUT2D eigenvalue weighted by Crippen LogP contribution is -2.48. The first-order chi connectivity index (χ1) is 8.59. The summed E-state index contributed by atoms with van der Waals surface area (Å²) in [6.07, 6.45) is 0.563. The van der Waals surface area contributed by atoms with Gasteiger partial charge in [0.2, 0.25) is 10.0 Å². The zero-order valence-electron chi connectivity index (χ0n) is 10.6. The van der Waals surface area contributed by atoms with Crippen LogP contribution in [0.25, 0.3) is 0 Å². The van der Waals surface area contributed by atoms with Crippen LogP contribution in [-0.2, 0) is 21.2 Å². The van der Waals surface area contributed by atoms with Crippen molar-refractivity contribution in [3.63, 3.8) is 0 Å². The van der Waals surface area contributed by atoms with Gasteiger partial charge in [-0.05, 0) is 18.9 Å². The average molecular weight is 269 g/mol. The van der Waals surface area contributed by atoms with Crippen LogP contribution in [0.5, 0.6) is 0 Å². The monoisotopic (exact) mass is 269 g/mol. The maximum Gasteiger partial charge on any atom is 0.214 e. The van der Waals surface area contributed by atoms with Crippen LogP contribution in [-0.4, -0.2) is 44.3 Å². The predicted molar refractivity (Wildman–Crippen MR) is 70.9 cm³/mol. The highest BCUT2D eigenvalue weighted by Crippen LogP contribution is 2.14. The summed E-state index contributed by atoms with van der Waals surface area (Å²) in [5.41, 5.74) is 1.06. The molecular formula is C13H19NO3S. The SMILES string of the molecule is CC1COCCN1S(=O)(=O)CCc1ccccc1. The number of aryl methyl sites for hydroxylation is 1. The molecule has 1 aromatic rings. The van der Waals surface area contributed by atoms with E-state index in [-0.39, 0.29) is 11.8 Å². The van der Waals surface area contributed by atoms with Crippen molar-refractivity contribution in [2.75, 3.05) is 25.5 Å². The van der Waals surface area contributed by atoms with Crippen LogP contribution in [0.2, 0.25) is 0 Å². The molecule has 0 spiro atoms. The Balaban J connectivity index is 1.99. The van der Waals surface area contributed by atoms with Crippen LogP contribution < -0.4 is 0 Å². The summed E-state index contributed by atoms with van der Waals surface area (Å²) < 4.78 is 31.3. The van der Waals surface area contributed by atoms with E-state index in [9.17, 15) is 8.42 Å². The van der Waals surface area contributed by atoms with E-state index < -0.39 is 10.0 Å². The van der Waals surface area contributed by atoms with Gasteiger partial charge in [-0.2, -0.15) is 4.31 Å². The van der Waals surface area contributed by atoms with Crippen molar-refractivity contribution >= 4 is 10.0 Å². The Morgan fingerprint density at radius 2 is 2.06 bits per heavy atom. The number of benzene rings is 1. The van der Waals surface area contributed by atoms with Gasteiger partial charge in [0, 0.05) is 12.6 Å². The van der Waals surface area contributed by atoms with Gasteiger partial charge < -0.3 is 4.74 Å². The van der Waals surface area contributed by atoms with Crippen molar-refractivity contribution in [1.29, 1.82) is 0 Å². The average Bonchev–Trinajstić information content (AvgIpc) is 2.38. The van der Waals surface area contributed by atoms with Crippen LogP contribution >= 0.6 is 0 Å². The molecule has 0 saturated carbocycles. The molecule has 0 bridgehead atoms. The van der Waals surface area contributed by atoms with E-state index >= 15 is 0 Å². The number of hydrogen-bond donors (Lipinski definition) is 0. The molecule has 1 atom stereocenters. The first-order valence-corrected chi connectivity index (χ1v) is 7.82. The Hall–Kier alpha value is -0.910. The molecule has 5 heteroatoms. The molecule has 0 N–H and O–H groups in total. The van der Waals surface area contributed by atoms with Crippen molar-refractivity contribution in [3.8, 4) is 0 Å². The highest BCUT2D eigenvalue weighted by Gasteiger charge is 2.29. The minimum Gasteiger partial charge on any atom is -0.378 e. The second-order valence-electron chi connectivity index (χ2n) is 4.59. The molecule has 1 fully saturated rings. The molecule has 1 unspecified atom stereocenters. The maximum absolute atomic E-state index is 12.2. The van der Waals surface area contributed by atoms with Gasteiger partial charge in [-0.3, -0.25) is 0 Å². The third-order valence-electron chi connectivity index (χ3n) is 3.16. The van der Waals surface area contributed by atoms with Crippen molar-refractivity contribution in [3.05, 3.63) is 35.9 Å². The van der Waals surface area contributed by atoms with Crippen LogP contribution in [0.3, 0.4) is 0 Å². The van der Waals surface area contributed by atoms with Crippen LogP contribution in [0.1, 0.15) is 12.5 Å². The molecule has 1 heterocycles. The Kier molecular flexibility index (Phi) is 4.37. The number of morpholine rings is 1. The van der Waals surface area contributed by atoms with Crippen LogP contribution in [0.15, 0.2) is 30.3 Å². The zero-order chi connectivity index (χ0) is 13.0. The molecule has 1 aliphatic heterocycles. The molecule has 1 aromatic carbocycles. The number of rotatable bonds is 4. The highest BCUT2D eigenvalue weighted by atomic mass is 32.2. The lowest BCUT2D eigenvalue weighted by molar-refractivity contribution is 0.0393. The molecule has 100 valence electrons. The molecule has 4 nitrogen and oxygen atoms in total. The van der Waals surface area contributed by atoms with E-state index in [1.807, 2.05) is 37.3 Å². The summed E-state index contributed by atoms with van der Waals surface area (Å²) in [4.78, 5) is 0. The quantitative estimate of drug-likeness (QED) is 0.827. The van der Waals surface area contributed by atoms with Gasteiger partial charge in [-0.15, -0.1) is 0 Å². The Morgan fingerprint density at radius 1 is 1.33 bits per heavy atom. The third kappa shape index (κ3) is 3.31. The minimum absolute atomic E-state index is 0.0560. The normalized spacial score (nSPS) is 21.9. The van der Waals surface area contributed by atoms with Crippen LogP contribution in [0.4, 0.5) is 0 Å². The van der Waals surface area contributed by atoms with Crippen molar-refractivity contribution < 1.29 is 13.2 Å². The summed E-state index contributed by atoms with van der Waals surface area (Å²) in [5.74, 6) is 0.168. The molecule has 0 amide bonds. The standard InChI is InChI=1S/C13H19NO3S/c1-12-11-17-9-8-14(12)18(15,16)10-7-13-5-3-2-4-6-13/h2-6,12H,7-11H2,1H3. The largest absolute Gasteiger partial charge is 0.378 e. The van der Waals surface area contributed by atoms with Gasteiger partial charge in [0.1, 0.15) is 0 Å². The van der Waals surface area contributed by atoms with Gasteiger partial charge >= 0.3 is 0 Å². The number of ether oxygens (including phenoxy) is 1. The number of hydrogen-bond acceptors (Lipinski definition) is 3. The molecule has 1 aliphatic rings. The predicted octanol–water partition coefficient (Wildman–Crippen LogP) is 1.28. The Morgan fingerprint density at radius 3 is 2.72 bits per heavy atom. The second kappa shape index (κ2) is 5.82.